The zero-order chi connectivity index (χ0) is 17.8. The molecular formula is C18H17N3O4S. The molecule has 1 fully saturated rings. The van der Waals surface area contributed by atoms with E-state index in [1.54, 1.807) is 24.1 Å². The van der Waals surface area contributed by atoms with Gasteiger partial charge in [0.2, 0.25) is 5.88 Å². The highest BCUT2D eigenvalue weighted by Crippen LogP contribution is 2.24. The molecule has 0 aromatic carbocycles. The Labute approximate surface area is 154 Å². The summed E-state index contributed by atoms with van der Waals surface area (Å²) in [5.41, 5.74) is 2.16. The maximum atomic E-state index is 12.3. The second-order valence-electron chi connectivity index (χ2n) is 5.84. The fraction of sp³-hybridized carbons (Fsp3) is 0.278. The molecule has 26 heavy (non-hydrogen) atoms. The van der Waals surface area contributed by atoms with Crippen molar-refractivity contribution in [3.8, 4) is 16.5 Å². The second-order valence-corrected chi connectivity index (χ2v) is 6.70. The number of hydrogen-bond donors (Lipinski definition) is 1. The van der Waals surface area contributed by atoms with Gasteiger partial charge in [-0.05, 0) is 17.7 Å². The quantitative estimate of drug-likeness (QED) is 0.717. The first kappa shape index (κ1) is 16.7. The first-order chi connectivity index (χ1) is 12.8. The monoisotopic (exact) mass is 371 g/mol. The molecule has 1 aliphatic heterocycles. The van der Waals surface area contributed by atoms with Crippen LogP contribution in [0.3, 0.4) is 0 Å². The van der Waals surface area contributed by atoms with E-state index in [1.807, 2.05) is 18.2 Å². The number of pyridine rings is 1. The van der Waals surface area contributed by atoms with Crippen molar-refractivity contribution in [2.75, 3.05) is 13.2 Å². The third-order valence-electron chi connectivity index (χ3n) is 3.93. The Morgan fingerprint density at radius 1 is 1.42 bits per heavy atom. The van der Waals surface area contributed by atoms with E-state index in [9.17, 15) is 4.79 Å². The smallest absolute Gasteiger partial charge is 0.271 e. The highest BCUT2D eigenvalue weighted by atomic mass is 32.1. The van der Waals surface area contributed by atoms with E-state index in [1.165, 1.54) is 11.3 Å². The van der Waals surface area contributed by atoms with Crippen molar-refractivity contribution in [3.63, 3.8) is 0 Å². The number of amides is 1. The van der Waals surface area contributed by atoms with Gasteiger partial charge < -0.3 is 19.2 Å². The molecule has 7 nitrogen and oxygen atoms in total. The number of aromatic nitrogens is 2. The number of rotatable bonds is 6. The summed E-state index contributed by atoms with van der Waals surface area (Å²) in [4.78, 5) is 20.9. The van der Waals surface area contributed by atoms with E-state index >= 15 is 0 Å². The van der Waals surface area contributed by atoms with Crippen LogP contribution in [0.2, 0.25) is 0 Å². The van der Waals surface area contributed by atoms with Crippen molar-refractivity contribution >= 4 is 17.2 Å². The van der Waals surface area contributed by atoms with E-state index < -0.39 is 0 Å². The highest BCUT2D eigenvalue weighted by molar-refractivity contribution is 7.13. The maximum absolute atomic E-state index is 12.3. The lowest BCUT2D eigenvalue weighted by atomic mass is 10.2. The van der Waals surface area contributed by atoms with Crippen molar-refractivity contribution in [1.82, 2.24) is 15.3 Å². The molecule has 1 N–H and O–H groups in total. The van der Waals surface area contributed by atoms with Crippen LogP contribution >= 0.6 is 11.3 Å². The summed E-state index contributed by atoms with van der Waals surface area (Å²) in [6.45, 7) is 1.68. The van der Waals surface area contributed by atoms with Gasteiger partial charge in [0.1, 0.15) is 23.1 Å². The standard InChI is InChI=1S/C18H17N3O4S/c22-17(15-11-26-18(21-15)13-2-5-23-9-13)20-8-12-1-4-19-16(7-12)25-14-3-6-24-10-14/h1-2,4-5,7,9,11,14H,3,6,8,10H2,(H,20,22). The third-order valence-corrected chi connectivity index (χ3v) is 4.82. The Hall–Kier alpha value is -2.71. The zero-order valence-electron chi connectivity index (χ0n) is 13.9. The van der Waals surface area contributed by atoms with Gasteiger partial charge in [-0.3, -0.25) is 4.79 Å². The molecule has 1 atom stereocenters. The van der Waals surface area contributed by atoms with Gasteiger partial charge in [0.25, 0.3) is 5.91 Å². The molecule has 0 radical (unpaired) electrons. The van der Waals surface area contributed by atoms with Crippen LogP contribution in [0.5, 0.6) is 5.88 Å². The highest BCUT2D eigenvalue weighted by Gasteiger charge is 2.18. The van der Waals surface area contributed by atoms with Crippen LogP contribution in [0.1, 0.15) is 22.5 Å². The summed E-state index contributed by atoms with van der Waals surface area (Å²) >= 11 is 1.40. The lowest BCUT2D eigenvalue weighted by molar-refractivity contribution is 0.0946. The predicted molar refractivity (Wildman–Crippen MR) is 95.1 cm³/mol. The average molecular weight is 371 g/mol. The van der Waals surface area contributed by atoms with Gasteiger partial charge in [-0.15, -0.1) is 11.3 Å². The van der Waals surface area contributed by atoms with Crippen LogP contribution in [-0.4, -0.2) is 35.2 Å². The number of carbonyl (C=O) groups is 1. The minimum Gasteiger partial charge on any atom is -0.472 e. The molecule has 134 valence electrons. The molecule has 1 aliphatic rings. The van der Waals surface area contributed by atoms with E-state index in [0.29, 0.717) is 24.7 Å². The summed E-state index contributed by atoms with van der Waals surface area (Å²) in [6, 6.07) is 5.49. The molecule has 8 heteroatoms. The number of nitrogens with one attached hydrogen (secondary N) is 1. The van der Waals surface area contributed by atoms with Crippen LogP contribution in [-0.2, 0) is 11.3 Å². The summed E-state index contributed by atoms with van der Waals surface area (Å²) in [7, 11) is 0. The summed E-state index contributed by atoms with van der Waals surface area (Å²) < 4.78 is 16.1. The Morgan fingerprint density at radius 2 is 2.38 bits per heavy atom. The molecular weight excluding hydrogens is 354 g/mol. The topological polar surface area (TPSA) is 86.5 Å². The van der Waals surface area contributed by atoms with Crippen LogP contribution < -0.4 is 10.1 Å². The largest absolute Gasteiger partial charge is 0.472 e. The van der Waals surface area contributed by atoms with Gasteiger partial charge >= 0.3 is 0 Å². The third kappa shape index (κ3) is 3.92. The number of hydrogen-bond acceptors (Lipinski definition) is 7. The number of ether oxygens (including phenoxy) is 2. The van der Waals surface area contributed by atoms with Crippen LogP contribution in [0.4, 0.5) is 0 Å². The van der Waals surface area contributed by atoms with Crippen molar-refractivity contribution in [2.45, 2.75) is 19.1 Å². The molecule has 4 rings (SSSR count). The molecule has 0 saturated carbocycles. The minimum absolute atomic E-state index is 0.0451. The SMILES string of the molecule is O=C(NCc1ccnc(OC2CCOC2)c1)c1csc(-c2ccoc2)n1. The average Bonchev–Trinajstić information content (AvgIpc) is 3.41. The molecule has 3 aromatic rings. The van der Waals surface area contributed by atoms with Crippen LogP contribution in [0, 0.1) is 0 Å². The first-order valence-electron chi connectivity index (χ1n) is 8.23. The lowest BCUT2D eigenvalue weighted by Crippen LogP contribution is -2.23. The maximum Gasteiger partial charge on any atom is 0.271 e. The number of carbonyl (C=O) groups excluding carboxylic acids is 1. The lowest BCUT2D eigenvalue weighted by Gasteiger charge is -2.11. The summed E-state index contributed by atoms with van der Waals surface area (Å²) in [5.74, 6) is 0.322. The molecule has 0 bridgehead atoms. The van der Waals surface area contributed by atoms with E-state index in [0.717, 1.165) is 29.2 Å². The Morgan fingerprint density at radius 3 is 3.19 bits per heavy atom. The van der Waals surface area contributed by atoms with Gasteiger partial charge in [-0.25, -0.2) is 9.97 Å². The minimum atomic E-state index is -0.223. The molecule has 1 unspecified atom stereocenters. The zero-order valence-corrected chi connectivity index (χ0v) is 14.7. The second kappa shape index (κ2) is 7.67. The van der Waals surface area contributed by atoms with Crippen molar-refractivity contribution in [3.05, 3.63) is 53.6 Å². The summed E-state index contributed by atoms with van der Waals surface area (Å²) in [6.07, 6.45) is 5.77. The number of thiazole rings is 1. The van der Waals surface area contributed by atoms with Crippen molar-refractivity contribution in [1.29, 1.82) is 0 Å². The Kier molecular flexibility index (Phi) is 4.94. The Bertz CT molecular complexity index is 872. The fourth-order valence-electron chi connectivity index (χ4n) is 2.57. The van der Waals surface area contributed by atoms with Crippen LogP contribution in [0.25, 0.3) is 10.6 Å². The molecule has 0 spiro atoms. The van der Waals surface area contributed by atoms with Gasteiger partial charge in [-0.1, -0.05) is 0 Å². The molecule has 0 aliphatic carbocycles. The molecule has 1 amide bonds. The summed E-state index contributed by atoms with van der Waals surface area (Å²) in [5, 5.41) is 5.36. The van der Waals surface area contributed by atoms with Gasteiger partial charge in [0.15, 0.2) is 0 Å². The van der Waals surface area contributed by atoms with Gasteiger partial charge in [0.05, 0.1) is 19.5 Å². The molecule has 3 aromatic heterocycles. The number of nitrogens with zero attached hydrogens (tertiary/aromatic N) is 2. The van der Waals surface area contributed by atoms with Crippen LogP contribution in [0.15, 0.2) is 46.7 Å². The predicted octanol–water partition coefficient (Wildman–Crippen LogP) is 2.90. The van der Waals surface area contributed by atoms with E-state index in [4.69, 9.17) is 13.9 Å². The van der Waals surface area contributed by atoms with Gasteiger partial charge in [0, 0.05) is 36.2 Å². The first-order valence-corrected chi connectivity index (χ1v) is 9.11. The van der Waals surface area contributed by atoms with E-state index in [-0.39, 0.29) is 12.0 Å². The molecule has 1 saturated heterocycles. The van der Waals surface area contributed by atoms with E-state index in [2.05, 4.69) is 15.3 Å². The molecule has 4 heterocycles. The van der Waals surface area contributed by atoms with Crippen molar-refractivity contribution < 1.29 is 18.7 Å². The Balaban J connectivity index is 1.35. The van der Waals surface area contributed by atoms with Gasteiger partial charge in [-0.2, -0.15) is 0 Å². The number of furan rings is 1. The fourth-order valence-corrected chi connectivity index (χ4v) is 3.36. The van der Waals surface area contributed by atoms with Crippen molar-refractivity contribution in [2.24, 2.45) is 0 Å². The normalized spacial score (nSPS) is 16.5.